The lowest BCUT2D eigenvalue weighted by Gasteiger charge is -2.20. The minimum absolute atomic E-state index is 0.394. The summed E-state index contributed by atoms with van der Waals surface area (Å²) in [5, 5.41) is 0. The van der Waals surface area contributed by atoms with Gasteiger partial charge in [0.25, 0.3) is 0 Å². The van der Waals surface area contributed by atoms with E-state index in [0.717, 1.165) is 49.8 Å². The van der Waals surface area contributed by atoms with Gasteiger partial charge in [0.2, 0.25) is 0 Å². The van der Waals surface area contributed by atoms with Crippen LogP contribution in [0.25, 0.3) is 0 Å². The van der Waals surface area contributed by atoms with Crippen LogP contribution >= 0.6 is 0 Å². The quantitative estimate of drug-likeness (QED) is 0.802. The van der Waals surface area contributed by atoms with E-state index >= 15 is 0 Å². The zero-order chi connectivity index (χ0) is 10.8. The van der Waals surface area contributed by atoms with Crippen LogP contribution in [0.4, 0.5) is 5.82 Å². The Morgan fingerprint density at radius 3 is 2.93 bits per heavy atom. The Balaban J connectivity index is 2.26. The van der Waals surface area contributed by atoms with Crippen molar-refractivity contribution in [3.05, 3.63) is 11.5 Å². The molecule has 2 heterocycles. The molecule has 4 nitrogen and oxygen atoms in total. The number of rotatable bonds is 2. The van der Waals surface area contributed by atoms with Gasteiger partial charge in [-0.1, -0.05) is 6.92 Å². The lowest BCUT2D eigenvalue weighted by molar-refractivity contribution is 0.0796. The molecule has 0 bridgehead atoms. The highest BCUT2D eigenvalue weighted by atomic mass is 16.5. The van der Waals surface area contributed by atoms with Crippen LogP contribution in [0.3, 0.4) is 0 Å². The number of aromatic nitrogens is 2. The van der Waals surface area contributed by atoms with E-state index in [1.807, 2.05) is 11.6 Å². The highest BCUT2D eigenvalue weighted by Crippen LogP contribution is 2.29. The van der Waals surface area contributed by atoms with Crippen molar-refractivity contribution in [2.24, 2.45) is 7.05 Å². The standard InChI is InChI=1S/C11H19N3O/c1-3-9-13-10(11(12)14(9)2)8-5-4-6-15-7-8/h8H,3-7,12H2,1-2H3. The SMILES string of the molecule is CCc1nc(C2CCCOC2)c(N)n1C. The van der Waals surface area contributed by atoms with Crippen molar-refractivity contribution < 1.29 is 4.74 Å². The molecule has 1 saturated heterocycles. The summed E-state index contributed by atoms with van der Waals surface area (Å²) in [6.45, 7) is 3.75. The van der Waals surface area contributed by atoms with Crippen molar-refractivity contribution in [3.63, 3.8) is 0 Å². The highest BCUT2D eigenvalue weighted by Gasteiger charge is 2.22. The maximum Gasteiger partial charge on any atom is 0.126 e. The molecule has 84 valence electrons. The summed E-state index contributed by atoms with van der Waals surface area (Å²) < 4.78 is 7.46. The number of anilines is 1. The second kappa shape index (κ2) is 4.23. The second-order valence-electron chi connectivity index (χ2n) is 4.13. The van der Waals surface area contributed by atoms with Crippen molar-refractivity contribution in [2.45, 2.75) is 32.1 Å². The Labute approximate surface area is 90.4 Å². The van der Waals surface area contributed by atoms with E-state index < -0.39 is 0 Å². The zero-order valence-corrected chi connectivity index (χ0v) is 9.49. The number of nitrogens with two attached hydrogens (primary N) is 1. The van der Waals surface area contributed by atoms with Crippen LogP contribution in [0.15, 0.2) is 0 Å². The van der Waals surface area contributed by atoms with Gasteiger partial charge in [-0.3, -0.25) is 0 Å². The Morgan fingerprint density at radius 1 is 1.60 bits per heavy atom. The van der Waals surface area contributed by atoms with Crippen LogP contribution in [0, 0.1) is 0 Å². The van der Waals surface area contributed by atoms with Crippen molar-refractivity contribution in [1.82, 2.24) is 9.55 Å². The zero-order valence-electron chi connectivity index (χ0n) is 9.49. The maximum absolute atomic E-state index is 6.05. The molecular weight excluding hydrogens is 190 g/mol. The van der Waals surface area contributed by atoms with E-state index in [0.29, 0.717) is 5.92 Å². The summed E-state index contributed by atoms with van der Waals surface area (Å²) in [5.41, 5.74) is 7.09. The van der Waals surface area contributed by atoms with Crippen molar-refractivity contribution in [3.8, 4) is 0 Å². The monoisotopic (exact) mass is 209 g/mol. The van der Waals surface area contributed by atoms with Gasteiger partial charge < -0.3 is 15.0 Å². The molecule has 15 heavy (non-hydrogen) atoms. The third-order valence-electron chi connectivity index (χ3n) is 3.12. The fourth-order valence-corrected chi connectivity index (χ4v) is 2.16. The number of hydrogen-bond donors (Lipinski definition) is 1. The average Bonchev–Trinajstić information content (AvgIpc) is 2.57. The third-order valence-corrected chi connectivity index (χ3v) is 3.12. The number of hydrogen-bond acceptors (Lipinski definition) is 3. The molecule has 0 amide bonds. The van der Waals surface area contributed by atoms with Gasteiger partial charge in [0.05, 0.1) is 12.3 Å². The molecule has 0 saturated carbocycles. The fourth-order valence-electron chi connectivity index (χ4n) is 2.16. The van der Waals surface area contributed by atoms with Gasteiger partial charge in [-0.15, -0.1) is 0 Å². The molecule has 1 aromatic heterocycles. The van der Waals surface area contributed by atoms with E-state index in [2.05, 4.69) is 11.9 Å². The van der Waals surface area contributed by atoms with Crippen molar-refractivity contribution >= 4 is 5.82 Å². The fraction of sp³-hybridized carbons (Fsp3) is 0.727. The number of aryl methyl sites for hydroxylation is 1. The van der Waals surface area contributed by atoms with E-state index in [9.17, 15) is 0 Å². The molecule has 1 fully saturated rings. The highest BCUT2D eigenvalue weighted by molar-refractivity contribution is 5.40. The summed E-state index contributed by atoms with van der Waals surface area (Å²) in [7, 11) is 1.98. The van der Waals surface area contributed by atoms with Gasteiger partial charge in [0.15, 0.2) is 0 Å². The molecule has 0 spiro atoms. The first-order valence-corrected chi connectivity index (χ1v) is 5.62. The van der Waals surface area contributed by atoms with Crippen LogP contribution in [-0.4, -0.2) is 22.8 Å². The normalized spacial score (nSPS) is 21.9. The lowest BCUT2D eigenvalue weighted by Crippen LogP contribution is -2.17. The molecule has 1 aliphatic heterocycles. The maximum atomic E-state index is 6.05. The van der Waals surface area contributed by atoms with Crippen molar-refractivity contribution in [2.75, 3.05) is 18.9 Å². The topological polar surface area (TPSA) is 53.1 Å². The van der Waals surface area contributed by atoms with Gasteiger partial charge >= 0.3 is 0 Å². The first kappa shape index (κ1) is 10.5. The second-order valence-corrected chi connectivity index (χ2v) is 4.13. The lowest BCUT2D eigenvalue weighted by atomic mass is 9.99. The minimum Gasteiger partial charge on any atom is -0.384 e. The Hall–Kier alpha value is -1.03. The third kappa shape index (κ3) is 1.86. The smallest absolute Gasteiger partial charge is 0.126 e. The summed E-state index contributed by atoms with van der Waals surface area (Å²) in [6, 6.07) is 0. The predicted octanol–water partition coefficient (Wildman–Crippen LogP) is 1.46. The summed E-state index contributed by atoms with van der Waals surface area (Å²) in [4.78, 5) is 4.61. The van der Waals surface area contributed by atoms with E-state index in [1.54, 1.807) is 0 Å². The first-order chi connectivity index (χ1) is 7.24. The van der Waals surface area contributed by atoms with Crippen LogP contribution in [0.1, 0.15) is 37.2 Å². The molecule has 1 unspecified atom stereocenters. The van der Waals surface area contributed by atoms with Gasteiger partial charge in [0, 0.05) is 26.0 Å². The molecule has 0 radical (unpaired) electrons. The Morgan fingerprint density at radius 2 is 2.40 bits per heavy atom. The molecule has 2 rings (SSSR count). The van der Waals surface area contributed by atoms with E-state index in [4.69, 9.17) is 10.5 Å². The first-order valence-electron chi connectivity index (χ1n) is 5.62. The molecular formula is C11H19N3O. The summed E-state index contributed by atoms with van der Waals surface area (Å²) in [5.74, 6) is 2.26. The van der Waals surface area contributed by atoms with Crippen LogP contribution in [-0.2, 0) is 18.2 Å². The minimum atomic E-state index is 0.394. The molecule has 4 heteroatoms. The molecule has 1 atom stereocenters. The number of ether oxygens (including phenoxy) is 1. The van der Waals surface area contributed by atoms with Gasteiger partial charge in [0.1, 0.15) is 11.6 Å². The number of nitrogen functional groups attached to an aromatic ring is 1. The van der Waals surface area contributed by atoms with Crippen LogP contribution in [0.5, 0.6) is 0 Å². The molecule has 1 aromatic rings. The largest absolute Gasteiger partial charge is 0.384 e. The predicted molar refractivity (Wildman–Crippen MR) is 59.8 cm³/mol. The van der Waals surface area contributed by atoms with Crippen LogP contribution < -0.4 is 5.73 Å². The summed E-state index contributed by atoms with van der Waals surface area (Å²) >= 11 is 0. The van der Waals surface area contributed by atoms with Gasteiger partial charge in [-0.2, -0.15) is 0 Å². The van der Waals surface area contributed by atoms with Gasteiger partial charge in [-0.05, 0) is 12.8 Å². The molecule has 0 aromatic carbocycles. The van der Waals surface area contributed by atoms with E-state index in [1.165, 1.54) is 0 Å². The average molecular weight is 209 g/mol. The number of imidazole rings is 1. The van der Waals surface area contributed by atoms with Crippen molar-refractivity contribution in [1.29, 1.82) is 0 Å². The molecule has 0 aliphatic carbocycles. The van der Waals surface area contributed by atoms with E-state index in [-0.39, 0.29) is 0 Å². The van der Waals surface area contributed by atoms with Crippen LogP contribution in [0.2, 0.25) is 0 Å². The Bertz CT molecular complexity index is 340. The molecule has 1 aliphatic rings. The Kier molecular flexibility index (Phi) is 2.95. The molecule has 2 N–H and O–H groups in total. The summed E-state index contributed by atoms with van der Waals surface area (Å²) in [6.07, 6.45) is 3.18. The van der Waals surface area contributed by atoms with Gasteiger partial charge in [-0.25, -0.2) is 4.98 Å². The number of nitrogens with zero attached hydrogens (tertiary/aromatic N) is 2.